The average Bonchev–Trinajstić information content (AvgIpc) is 2.18. The van der Waals surface area contributed by atoms with Crippen LogP contribution in [-0.2, 0) is 4.74 Å². The number of benzene rings is 1. The second-order valence-corrected chi connectivity index (χ2v) is 3.64. The Labute approximate surface area is 83.7 Å². The molecule has 1 atom stereocenters. The largest absolute Gasteiger partial charge is 0.508 e. The summed E-state index contributed by atoms with van der Waals surface area (Å²) < 4.78 is 5.18. The SMILES string of the molecule is COCC1CCNc2cc(O)ccc21. The summed E-state index contributed by atoms with van der Waals surface area (Å²) in [6.07, 6.45) is 1.09. The Morgan fingerprint density at radius 3 is 3.21 bits per heavy atom. The molecule has 1 aliphatic rings. The molecule has 1 aromatic rings. The maximum atomic E-state index is 9.33. The molecule has 0 saturated carbocycles. The highest BCUT2D eigenvalue weighted by atomic mass is 16.5. The molecule has 0 saturated heterocycles. The first-order valence-corrected chi connectivity index (χ1v) is 4.87. The first-order chi connectivity index (χ1) is 6.81. The molecule has 0 radical (unpaired) electrons. The van der Waals surface area contributed by atoms with Crippen molar-refractivity contribution in [1.82, 2.24) is 0 Å². The number of phenols is 1. The maximum Gasteiger partial charge on any atom is 0.117 e. The summed E-state index contributed by atoms with van der Waals surface area (Å²) >= 11 is 0. The van der Waals surface area contributed by atoms with E-state index in [0.29, 0.717) is 11.7 Å². The molecular formula is C11H15NO2. The van der Waals surface area contributed by atoms with Crippen molar-refractivity contribution in [1.29, 1.82) is 0 Å². The molecule has 0 amide bonds. The minimum Gasteiger partial charge on any atom is -0.508 e. The molecule has 3 nitrogen and oxygen atoms in total. The van der Waals surface area contributed by atoms with Crippen LogP contribution in [0.3, 0.4) is 0 Å². The van der Waals surface area contributed by atoms with Crippen molar-refractivity contribution in [2.24, 2.45) is 0 Å². The lowest BCUT2D eigenvalue weighted by atomic mass is 9.91. The number of hydrogen-bond donors (Lipinski definition) is 2. The lowest BCUT2D eigenvalue weighted by molar-refractivity contribution is 0.176. The lowest BCUT2D eigenvalue weighted by Gasteiger charge is -2.26. The highest BCUT2D eigenvalue weighted by molar-refractivity contribution is 5.58. The van der Waals surface area contributed by atoms with Gasteiger partial charge in [-0.15, -0.1) is 0 Å². The van der Waals surface area contributed by atoms with Gasteiger partial charge in [-0.05, 0) is 18.1 Å². The third kappa shape index (κ3) is 1.68. The number of anilines is 1. The zero-order valence-corrected chi connectivity index (χ0v) is 8.29. The van der Waals surface area contributed by atoms with Crippen molar-refractivity contribution < 1.29 is 9.84 Å². The van der Waals surface area contributed by atoms with Gasteiger partial charge in [0.05, 0.1) is 6.61 Å². The Balaban J connectivity index is 2.30. The summed E-state index contributed by atoms with van der Waals surface area (Å²) in [4.78, 5) is 0. The van der Waals surface area contributed by atoms with Gasteiger partial charge in [-0.1, -0.05) is 6.07 Å². The molecule has 76 valence electrons. The third-order valence-electron chi connectivity index (χ3n) is 2.65. The molecule has 2 rings (SSSR count). The van der Waals surface area contributed by atoms with E-state index in [9.17, 15) is 5.11 Å². The fourth-order valence-electron chi connectivity index (χ4n) is 1.96. The van der Waals surface area contributed by atoms with E-state index in [0.717, 1.165) is 25.3 Å². The Bertz CT molecular complexity index is 325. The Kier molecular flexibility index (Phi) is 2.59. The fourth-order valence-corrected chi connectivity index (χ4v) is 1.96. The summed E-state index contributed by atoms with van der Waals surface area (Å²) in [5.41, 5.74) is 2.29. The molecule has 1 aromatic carbocycles. The number of phenolic OH excluding ortho intramolecular Hbond substituents is 1. The number of hydrogen-bond acceptors (Lipinski definition) is 3. The molecule has 0 fully saturated rings. The monoisotopic (exact) mass is 193 g/mol. The van der Waals surface area contributed by atoms with Crippen LogP contribution in [0.5, 0.6) is 5.75 Å². The summed E-state index contributed by atoms with van der Waals surface area (Å²) in [5, 5.41) is 12.6. The highest BCUT2D eigenvalue weighted by Crippen LogP contribution is 2.33. The van der Waals surface area contributed by atoms with Gasteiger partial charge in [0.15, 0.2) is 0 Å². The quantitative estimate of drug-likeness (QED) is 0.754. The van der Waals surface area contributed by atoms with Gasteiger partial charge in [0, 0.05) is 31.3 Å². The van der Waals surface area contributed by atoms with Crippen LogP contribution >= 0.6 is 0 Å². The minimum absolute atomic E-state index is 0.314. The maximum absolute atomic E-state index is 9.33. The molecule has 1 unspecified atom stereocenters. The average molecular weight is 193 g/mol. The molecule has 14 heavy (non-hydrogen) atoms. The predicted octanol–water partition coefficient (Wildman–Crippen LogP) is 1.94. The van der Waals surface area contributed by atoms with Gasteiger partial charge >= 0.3 is 0 Å². The zero-order chi connectivity index (χ0) is 9.97. The Morgan fingerprint density at radius 2 is 2.43 bits per heavy atom. The van der Waals surface area contributed by atoms with Crippen molar-refractivity contribution in [3.8, 4) is 5.75 Å². The van der Waals surface area contributed by atoms with Gasteiger partial charge in [-0.2, -0.15) is 0 Å². The van der Waals surface area contributed by atoms with Crippen LogP contribution in [0.15, 0.2) is 18.2 Å². The minimum atomic E-state index is 0.314. The summed E-state index contributed by atoms with van der Waals surface area (Å²) in [6.45, 7) is 1.70. The first kappa shape index (κ1) is 9.34. The first-order valence-electron chi connectivity index (χ1n) is 4.87. The van der Waals surface area contributed by atoms with Gasteiger partial charge < -0.3 is 15.2 Å². The fraction of sp³-hybridized carbons (Fsp3) is 0.455. The number of fused-ring (bicyclic) bond motifs is 1. The molecule has 0 bridgehead atoms. The standard InChI is InChI=1S/C11H15NO2/c1-14-7-8-4-5-12-11-6-9(13)2-3-10(8)11/h2-3,6,8,12-13H,4-5,7H2,1H3. The molecular weight excluding hydrogens is 178 g/mol. The molecule has 3 heteroatoms. The van der Waals surface area contributed by atoms with E-state index in [-0.39, 0.29) is 0 Å². The topological polar surface area (TPSA) is 41.5 Å². The second kappa shape index (κ2) is 3.88. The van der Waals surface area contributed by atoms with Crippen LogP contribution in [-0.4, -0.2) is 25.4 Å². The van der Waals surface area contributed by atoms with Crippen molar-refractivity contribution in [3.05, 3.63) is 23.8 Å². The van der Waals surface area contributed by atoms with Crippen LogP contribution in [0.25, 0.3) is 0 Å². The predicted molar refractivity (Wildman–Crippen MR) is 55.8 cm³/mol. The highest BCUT2D eigenvalue weighted by Gasteiger charge is 2.19. The number of methoxy groups -OCH3 is 1. The van der Waals surface area contributed by atoms with Crippen molar-refractivity contribution in [2.45, 2.75) is 12.3 Å². The smallest absolute Gasteiger partial charge is 0.117 e. The number of aromatic hydroxyl groups is 1. The van der Waals surface area contributed by atoms with Gasteiger partial charge in [0.25, 0.3) is 0 Å². The molecule has 1 heterocycles. The van der Waals surface area contributed by atoms with Crippen molar-refractivity contribution in [3.63, 3.8) is 0 Å². The van der Waals surface area contributed by atoms with Crippen LogP contribution < -0.4 is 5.32 Å². The zero-order valence-electron chi connectivity index (χ0n) is 8.29. The van der Waals surface area contributed by atoms with E-state index < -0.39 is 0 Å². The van der Waals surface area contributed by atoms with Gasteiger partial charge in [-0.3, -0.25) is 0 Å². The third-order valence-corrected chi connectivity index (χ3v) is 2.65. The van der Waals surface area contributed by atoms with E-state index in [1.165, 1.54) is 5.56 Å². The normalized spacial score (nSPS) is 19.9. The molecule has 0 aromatic heterocycles. The Morgan fingerprint density at radius 1 is 1.57 bits per heavy atom. The van der Waals surface area contributed by atoms with E-state index in [2.05, 4.69) is 5.32 Å². The summed E-state index contributed by atoms with van der Waals surface area (Å²) in [5.74, 6) is 0.770. The summed E-state index contributed by atoms with van der Waals surface area (Å²) in [7, 11) is 1.72. The van der Waals surface area contributed by atoms with Gasteiger partial charge in [-0.25, -0.2) is 0 Å². The number of nitrogens with one attached hydrogen (secondary N) is 1. The van der Waals surface area contributed by atoms with E-state index >= 15 is 0 Å². The van der Waals surface area contributed by atoms with E-state index in [1.54, 1.807) is 19.2 Å². The Hall–Kier alpha value is -1.22. The van der Waals surface area contributed by atoms with Crippen LogP contribution in [0, 0.1) is 0 Å². The van der Waals surface area contributed by atoms with Gasteiger partial charge in [0.1, 0.15) is 5.75 Å². The lowest BCUT2D eigenvalue weighted by Crippen LogP contribution is -2.19. The molecule has 1 aliphatic heterocycles. The number of rotatable bonds is 2. The van der Waals surface area contributed by atoms with E-state index in [4.69, 9.17) is 4.74 Å². The van der Waals surface area contributed by atoms with Crippen LogP contribution in [0.4, 0.5) is 5.69 Å². The van der Waals surface area contributed by atoms with Gasteiger partial charge in [0.2, 0.25) is 0 Å². The van der Waals surface area contributed by atoms with Crippen molar-refractivity contribution >= 4 is 5.69 Å². The van der Waals surface area contributed by atoms with Crippen LogP contribution in [0.1, 0.15) is 17.9 Å². The number of ether oxygens (including phenoxy) is 1. The second-order valence-electron chi connectivity index (χ2n) is 3.64. The van der Waals surface area contributed by atoms with Crippen LogP contribution in [0.2, 0.25) is 0 Å². The molecule has 0 spiro atoms. The summed E-state index contributed by atoms with van der Waals surface area (Å²) in [6, 6.07) is 5.48. The molecule has 2 N–H and O–H groups in total. The van der Waals surface area contributed by atoms with Crippen molar-refractivity contribution in [2.75, 3.05) is 25.6 Å². The van der Waals surface area contributed by atoms with E-state index in [1.807, 2.05) is 6.07 Å². The molecule has 0 aliphatic carbocycles.